The van der Waals surface area contributed by atoms with Gasteiger partial charge < -0.3 is 18.9 Å². The molecule has 0 saturated heterocycles. The Labute approximate surface area is 272 Å². The first-order valence-electron chi connectivity index (χ1n) is 13.8. The molecular weight excluding hydrogens is 649 g/mol. The Morgan fingerprint density at radius 3 is 1.59 bits per heavy atom. The van der Waals surface area contributed by atoms with Crippen LogP contribution in [0.5, 0.6) is 11.5 Å². The highest BCUT2D eigenvalue weighted by Gasteiger charge is 2.34. The van der Waals surface area contributed by atoms with Crippen LogP contribution in [0.4, 0.5) is 13.2 Å². The van der Waals surface area contributed by atoms with Gasteiger partial charge in [0.1, 0.15) is 22.7 Å². The van der Waals surface area contributed by atoms with Gasteiger partial charge in [-0.3, -0.25) is 4.55 Å². The lowest BCUT2D eigenvalue weighted by Gasteiger charge is -2.20. The summed E-state index contributed by atoms with van der Waals surface area (Å²) in [4.78, 5) is 24.9. The van der Waals surface area contributed by atoms with Gasteiger partial charge in [0.15, 0.2) is 19.0 Å². The Bertz CT molecular complexity index is 1610. The zero-order valence-corrected chi connectivity index (χ0v) is 27.9. The van der Waals surface area contributed by atoms with Crippen LogP contribution in [0, 0.1) is 0 Å². The molecule has 14 heteroatoms. The molecule has 3 aromatic carbocycles. The van der Waals surface area contributed by atoms with Crippen molar-refractivity contribution in [1.29, 1.82) is 0 Å². The van der Waals surface area contributed by atoms with E-state index < -0.39 is 45.2 Å². The van der Waals surface area contributed by atoms with Crippen LogP contribution in [-0.2, 0) is 29.2 Å². The summed E-state index contributed by atoms with van der Waals surface area (Å²) in [5.41, 5.74) is 2.45. The van der Waals surface area contributed by atoms with Crippen molar-refractivity contribution >= 4 is 34.7 Å². The molecule has 0 aliphatic rings. The summed E-state index contributed by atoms with van der Waals surface area (Å²) in [5.74, 6) is -1.95. The molecule has 0 aliphatic heterocycles. The number of carbonyl (C=O) groups is 2. The Hall–Kier alpha value is -3.75. The first-order valence-corrected chi connectivity index (χ1v) is 15.8. The van der Waals surface area contributed by atoms with Crippen LogP contribution in [0.1, 0.15) is 41.5 Å². The van der Waals surface area contributed by atoms with E-state index >= 15 is 0 Å². The number of rotatable bonds is 9. The third-order valence-corrected chi connectivity index (χ3v) is 6.27. The highest BCUT2D eigenvalue weighted by molar-refractivity contribution is 7.85. The van der Waals surface area contributed by atoms with E-state index in [1.807, 2.05) is 96.1 Å². The van der Waals surface area contributed by atoms with Gasteiger partial charge >= 0.3 is 18.1 Å². The van der Waals surface area contributed by atoms with Gasteiger partial charge in [-0.25, -0.2) is 9.59 Å². The molecular formula is C32H37F3O9S2. The van der Waals surface area contributed by atoms with Crippen molar-refractivity contribution in [3.8, 4) is 33.8 Å². The minimum atomic E-state index is -4.91. The minimum Gasteiger partial charge on any atom is -0.482 e. The Morgan fingerprint density at radius 1 is 0.739 bits per heavy atom. The molecule has 3 aromatic rings. The van der Waals surface area contributed by atoms with E-state index in [0.29, 0.717) is 11.5 Å². The lowest BCUT2D eigenvalue weighted by molar-refractivity contribution is -0.158. The second-order valence-corrected chi connectivity index (χ2v) is 13.8. The van der Waals surface area contributed by atoms with E-state index in [9.17, 15) is 31.2 Å². The number of halogens is 3. The van der Waals surface area contributed by atoms with Crippen molar-refractivity contribution < 1.29 is 54.7 Å². The van der Waals surface area contributed by atoms with Crippen molar-refractivity contribution in [2.24, 2.45) is 0 Å². The standard InChI is InChI=1S/C30H34O6S.C2H3F3O3S/c1-29(2,3)35-26(31)18-33-22-12-7-10-20(16-22)24-14-9-15-25(37)28(24)21-11-8-13-23(17-21)34-19-27(32)36-30(4,5)6;3-2(4,5)1-9(6,7)8/h7-17,37H,18-19H2,1-6H3;1H2,(H,6,7,8). The molecule has 0 heterocycles. The number of benzene rings is 3. The average molecular weight is 687 g/mol. The van der Waals surface area contributed by atoms with Crippen molar-refractivity contribution in [3.05, 3.63) is 66.7 Å². The summed E-state index contributed by atoms with van der Waals surface area (Å²) < 4.78 is 81.7. The Balaban J connectivity index is 0.000000713. The lowest BCUT2D eigenvalue weighted by atomic mass is 9.94. The van der Waals surface area contributed by atoms with Crippen molar-refractivity contribution in [1.82, 2.24) is 0 Å². The molecule has 0 unspecified atom stereocenters. The topological polar surface area (TPSA) is 125 Å². The third kappa shape index (κ3) is 15.0. The SMILES string of the molecule is CC(C)(C)OC(=O)COc1cccc(-c2cccc(S)c2-c2cccc(OCC(=O)OC(C)(C)C)c2)c1.O=S(=O)(O)CC(F)(F)F. The van der Waals surface area contributed by atoms with Crippen molar-refractivity contribution in [2.45, 2.75) is 63.8 Å². The van der Waals surface area contributed by atoms with Gasteiger partial charge in [0.05, 0.1) is 0 Å². The molecule has 46 heavy (non-hydrogen) atoms. The van der Waals surface area contributed by atoms with Crippen LogP contribution in [-0.4, -0.2) is 61.3 Å². The second-order valence-electron chi connectivity index (χ2n) is 11.8. The molecule has 0 bridgehead atoms. The minimum absolute atomic E-state index is 0.183. The predicted octanol–water partition coefficient (Wildman–Crippen LogP) is 7.19. The summed E-state index contributed by atoms with van der Waals surface area (Å²) >= 11 is 4.72. The predicted molar refractivity (Wildman–Crippen MR) is 170 cm³/mol. The van der Waals surface area contributed by atoms with Crippen LogP contribution in [0.15, 0.2) is 71.6 Å². The number of carbonyl (C=O) groups excluding carboxylic acids is 2. The van der Waals surface area contributed by atoms with E-state index in [0.717, 1.165) is 27.1 Å². The molecule has 9 nitrogen and oxygen atoms in total. The highest BCUT2D eigenvalue weighted by atomic mass is 32.2. The van der Waals surface area contributed by atoms with Crippen molar-refractivity contribution in [2.75, 3.05) is 19.0 Å². The van der Waals surface area contributed by atoms with Gasteiger partial charge in [-0.05, 0) is 88.6 Å². The van der Waals surface area contributed by atoms with E-state index in [2.05, 4.69) is 0 Å². The van der Waals surface area contributed by atoms with Crippen LogP contribution in [0.2, 0.25) is 0 Å². The first kappa shape index (κ1) is 38.4. The fraction of sp³-hybridized carbons (Fsp3) is 0.375. The quantitative estimate of drug-likeness (QED) is 0.137. The molecule has 0 spiro atoms. The molecule has 0 atom stereocenters. The van der Waals surface area contributed by atoms with Gasteiger partial charge in [0.2, 0.25) is 0 Å². The number of ether oxygens (including phenoxy) is 4. The Kier molecular flexibility index (Phi) is 13.1. The number of hydrogen-bond donors (Lipinski definition) is 2. The van der Waals surface area contributed by atoms with Crippen LogP contribution in [0.3, 0.4) is 0 Å². The largest absolute Gasteiger partial charge is 0.482 e. The van der Waals surface area contributed by atoms with Gasteiger partial charge in [-0.1, -0.05) is 36.4 Å². The molecule has 0 aliphatic carbocycles. The summed E-state index contributed by atoms with van der Waals surface area (Å²) in [6, 6.07) is 20.8. The number of hydrogen-bond acceptors (Lipinski definition) is 9. The van der Waals surface area contributed by atoms with Crippen LogP contribution >= 0.6 is 12.6 Å². The van der Waals surface area contributed by atoms with Crippen LogP contribution < -0.4 is 9.47 Å². The van der Waals surface area contributed by atoms with Crippen LogP contribution in [0.25, 0.3) is 22.3 Å². The summed E-state index contributed by atoms with van der Waals surface area (Å²) in [6.45, 7) is 10.5. The van der Waals surface area contributed by atoms with E-state index in [1.165, 1.54) is 0 Å². The summed E-state index contributed by atoms with van der Waals surface area (Å²) in [5, 5.41) is 0. The Morgan fingerprint density at radius 2 is 1.17 bits per heavy atom. The maximum absolute atomic E-state index is 12.1. The van der Waals surface area contributed by atoms with E-state index in [1.54, 1.807) is 12.1 Å². The normalized spacial score (nSPS) is 12.0. The third-order valence-electron chi connectivity index (χ3n) is 5.21. The summed E-state index contributed by atoms with van der Waals surface area (Å²) in [7, 11) is -4.91. The van der Waals surface area contributed by atoms with E-state index in [4.69, 9.17) is 36.1 Å². The monoisotopic (exact) mass is 686 g/mol. The zero-order valence-electron chi connectivity index (χ0n) is 26.2. The fourth-order valence-corrected chi connectivity index (χ4v) is 4.56. The van der Waals surface area contributed by atoms with Gasteiger partial charge in [0.25, 0.3) is 10.1 Å². The molecule has 1 N–H and O–H groups in total. The molecule has 3 rings (SSSR count). The first-order chi connectivity index (χ1) is 21.0. The lowest BCUT2D eigenvalue weighted by Crippen LogP contribution is -2.27. The molecule has 252 valence electrons. The molecule has 0 radical (unpaired) electrons. The smallest absolute Gasteiger partial charge is 0.405 e. The summed E-state index contributed by atoms with van der Waals surface area (Å²) in [6.07, 6.45) is -4.85. The van der Waals surface area contributed by atoms with Crippen molar-refractivity contribution in [3.63, 3.8) is 0 Å². The molecule has 0 aromatic heterocycles. The maximum Gasteiger partial charge on any atom is 0.405 e. The van der Waals surface area contributed by atoms with Gasteiger partial charge in [-0.15, -0.1) is 12.6 Å². The molecule has 0 saturated carbocycles. The number of thiol groups is 1. The number of alkyl halides is 3. The zero-order chi connectivity index (χ0) is 34.9. The number of esters is 2. The van der Waals surface area contributed by atoms with Gasteiger partial charge in [-0.2, -0.15) is 21.6 Å². The molecule has 0 fully saturated rings. The average Bonchev–Trinajstić information content (AvgIpc) is 2.87. The van der Waals surface area contributed by atoms with E-state index in [-0.39, 0.29) is 13.2 Å². The highest BCUT2D eigenvalue weighted by Crippen LogP contribution is 2.39. The fourth-order valence-electron chi connectivity index (χ4n) is 3.81. The second kappa shape index (κ2) is 15.7. The maximum atomic E-state index is 12.1. The molecule has 0 amide bonds. The van der Waals surface area contributed by atoms with Gasteiger partial charge in [0, 0.05) is 10.5 Å².